The van der Waals surface area contributed by atoms with Crippen LogP contribution in [0, 0.1) is 5.92 Å². The summed E-state index contributed by atoms with van der Waals surface area (Å²) in [5.41, 5.74) is -0.133. The molecule has 3 N–H and O–H groups in total. The first-order valence-corrected chi connectivity index (χ1v) is 7.29. The lowest BCUT2D eigenvalue weighted by Crippen LogP contribution is -2.51. The third kappa shape index (κ3) is 3.95. The van der Waals surface area contributed by atoms with Gasteiger partial charge in [0.05, 0.1) is 6.61 Å². The van der Waals surface area contributed by atoms with Gasteiger partial charge in [-0.05, 0) is 44.4 Å². The fourth-order valence-electron chi connectivity index (χ4n) is 2.67. The zero-order valence-electron chi connectivity index (χ0n) is 11.4. The lowest BCUT2D eigenvalue weighted by atomic mass is 9.77. The molecular weight excluding hydrogens is 228 g/mol. The molecule has 0 aromatic carbocycles. The SMILES string of the molecule is CC1CCC(CO)(NCCC(=O)NC2CC2)CC1. The molecule has 0 aliphatic heterocycles. The summed E-state index contributed by atoms with van der Waals surface area (Å²) in [4.78, 5) is 11.6. The minimum absolute atomic E-state index is 0.133. The Labute approximate surface area is 110 Å². The van der Waals surface area contributed by atoms with E-state index in [1.54, 1.807) is 0 Å². The van der Waals surface area contributed by atoms with E-state index in [0.717, 1.165) is 31.6 Å². The Bertz CT molecular complexity index is 282. The number of aliphatic hydroxyl groups is 1. The van der Waals surface area contributed by atoms with Crippen LogP contribution >= 0.6 is 0 Å². The molecule has 0 heterocycles. The summed E-state index contributed by atoms with van der Waals surface area (Å²) in [5.74, 6) is 0.909. The monoisotopic (exact) mass is 254 g/mol. The molecule has 18 heavy (non-hydrogen) atoms. The van der Waals surface area contributed by atoms with Crippen molar-refractivity contribution in [3.63, 3.8) is 0 Å². The van der Waals surface area contributed by atoms with E-state index in [-0.39, 0.29) is 18.1 Å². The van der Waals surface area contributed by atoms with Gasteiger partial charge in [-0.1, -0.05) is 6.92 Å². The molecule has 0 aromatic heterocycles. The molecule has 0 atom stereocenters. The number of aliphatic hydroxyl groups excluding tert-OH is 1. The molecule has 2 aliphatic rings. The highest BCUT2D eigenvalue weighted by molar-refractivity contribution is 5.76. The molecule has 104 valence electrons. The zero-order chi connectivity index (χ0) is 13.0. The molecule has 0 radical (unpaired) electrons. The number of hydrogen-bond acceptors (Lipinski definition) is 3. The Morgan fingerprint density at radius 1 is 1.28 bits per heavy atom. The Kier molecular flexibility index (Phi) is 4.62. The van der Waals surface area contributed by atoms with Gasteiger partial charge >= 0.3 is 0 Å². The maximum absolute atomic E-state index is 11.6. The fourth-order valence-corrected chi connectivity index (χ4v) is 2.67. The first-order chi connectivity index (χ1) is 8.63. The molecule has 2 rings (SSSR count). The van der Waals surface area contributed by atoms with Crippen molar-refractivity contribution in [1.29, 1.82) is 0 Å². The standard InChI is InChI=1S/C14H26N2O2/c1-11-4-7-14(10-17,8-5-11)15-9-6-13(18)16-12-2-3-12/h11-12,15,17H,2-10H2,1H3,(H,16,18). The first-order valence-electron chi connectivity index (χ1n) is 7.29. The summed E-state index contributed by atoms with van der Waals surface area (Å²) in [6.07, 6.45) is 7.18. The Morgan fingerprint density at radius 3 is 2.50 bits per heavy atom. The third-order valence-corrected chi connectivity index (χ3v) is 4.33. The van der Waals surface area contributed by atoms with E-state index in [9.17, 15) is 9.90 Å². The Hall–Kier alpha value is -0.610. The van der Waals surface area contributed by atoms with Crippen LogP contribution in [-0.4, -0.2) is 35.7 Å². The topological polar surface area (TPSA) is 61.4 Å². The van der Waals surface area contributed by atoms with Gasteiger partial charge < -0.3 is 15.7 Å². The third-order valence-electron chi connectivity index (χ3n) is 4.33. The maximum atomic E-state index is 11.6. The summed E-state index contributed by atoms with van der Waals surface area (Å²) in [6, 6.07) is 0.444. The number of amides is 1. The van der Waals surface area contributed by atoms with Crippen molar-refractivity contribution in [3.05, 3.63) is 0 Å². The van der Waals surface area contributed by atoms with Gasteiger partial charge in [0.2, 0.25) is 5.91 Å². The van der Waals surface area contributed by atoms with E-state index < -0.39 is 0 Å². The van der Waals surface area contributed by atoms with Crippen molar-refractivity contribution in [3.8, 4) is 0 Å². The molecule has 0 aromatic rings. The maximum Gasteiger partial charge on any atom is 0.221 e. The van der Waals surface area contributed by atoms with Gasteiger partial charge in [0.25, 0.3) is 0 Å². The second-order valence-corrected chi connectivity index (χ2v) is 6.14. The van der Waals surface area contributed by atoms with Gasteiger partial charge in [0.15, 0.2) is 0 Å². The molecular formula is C14H26N2O2. The van der Waals surface area contributed by atoms with Crippen molar-refractivity contribution in [1.82, 2.24) is 10.6 Å². The highest BCUT2D eigenvalue weighted by atomic mass is 16.3. The van der Waals surface area contributed by atoms with Gasteiger partial charge in [0, 0.05) is 24.5 Å². The molecule has 0 spiro atoms. The van der Waals surface area contributed by atoms with Crippen molar-refractivity contribution in [2.75, 3.05) is 13.2 Å². The van der Waals surface area contributed by atoms with E-state index in [1.807, 2.05) is 0 Å². The summed E-state index contributed by atoms with van der Waals surface area (Å²) in [5, 5.41) is 16.0. The normalized spacial score (nSPS) is 32.2. The van der Waals surface area contributed by atoms with Gasteiger partial charge in [-0.2, -0.15) is 0 Å². The highest BCUT2D eigenvalue weighted by Gasteiger charge is 2.33. The second kappa shape index (κ2) is 6.02. The van der Waals surface area contributed by atoms with Crippen LogP contribution < -0.4 is 10.6 Å². The molecule has 0 saturated heterocycles. The van der Waals surface area contributed by atoms with Crippen LogP contribution in [0.1, 0.15) is 51.9 Å². The average Bonchev–Trinajstić information content (AvgIpc) is 3.16. The molecule has 0 bridgehead atoms. The smallest absolute Gasteiger partial charge is 0.221 e. The lowest BCUT2D eigenvalue weighted by Gasteiger charge is -2.39. The minimum atomic E-state index is -0.133. The number of nitrogens with one attached hydrogen (secondary N) is 2. The summed E-state index contributed by atoms with van der Waals surface area (Å²) in [6.45, 7) is 3.13. The summed E-state index contributed by atoms with van der Waals surface area (Å²) < 4.78 is 0. The lowest BCUT2D eigenvalue weighted by molar-refractivity contribution is -0.121. The van der Waals surface area contributed by atoms with E-state index in [0.29, 0.717) is 19.0 Å². The Balaban J connectivity index is 1.67. The van der Waals surface area contributed by atoms with Crippen molar-refractivity contribution in [2.45, 2.75) is 63.5 Å². The fraction of sp³-hybridized carbons (Fsp3) is 0.929. The van der Waals surface area contributed by atoms with E-state index in [2.05, 4.69) is 17.6 Å². The number of carbonyl (C=O) groups excluding carboxylic acids is 1. The number of carbonyl (C=O) groups is 1. The predicted octanol–water partition coefficient (Wildman–Crippen LogP) is 1.19. The molecule has 2 saturated carbocycles. The number of hydrogen-bond donors (Lipinski definition) is 3. The van der Waals surface area contributed by atoms with Crippen LogP contribution in [0.15, 0.2) is 0 Å². The van der Waals surface area contributed by atoms with Crippen molar-refractivity contribution >= 4 is 5.91 Å². The molecule has 0 unspecified atom stereocenters. The summed E-state index contributed by atoms with van der Waals surface area (Å²) in [7, 11) is 0. The van der Waals surface area contributed by atoms with Crippen LogP contribution in [0.2, 0.25) is 0 Å². The van der Waals surface area contributed by atoms with Crippen LogP contribution in [0.4, 0.5) is 0 Å². The second-order valence-electron chi connectivity index (χ2n) is 6.14. The zero-order valence-corrected chi connectivity index (χ0v) is 11.4. The molecule has 4 heteroatoms. The molecule has 1 amide bonds. The molecule has 4 nitrogen and oxygen atoms in total. The van der Waals surface area contributed by atoms with Crippen LogP contribution in [0.3, 0.4) is 0 Å². The van der Waals surface area contributed by atoms with E-state index in [1.165, 1.54) is 12.8 Å². The Morgan fingerprint density at radius 2 is 1.94 bits per heavy atom. The van der Waals surface area contributed by atoms with E-state index in [4.69, 9.17) is 0 Å². The predicted molar refractivity (Wildman–Crippen MR) is 71.2 cm³/mol. The quantitative estimate of drug-likeness (QED) is 0.667. The molecule has 2 aliphatic carbocycles. The van der Waals surface area contributed by atoms with Crippen LogP contribution in [-0.2, 0) is 4.79 Å². The first kappa shape index (κ1) is 13.8. The van der Waals surface area contributed by atoms with Crippen molar-refractivity contribution in [2.24, 2.45) is 5.92 Å². The van der Waals surface area contributed by atoms with Gasteiger partial charge in [-0.15, -0.1) is 0 Å². The average molecular weight is 254 g/mol. The minimum Gasteiger partial charge on any atom is -0.394 e. The summed E-state index contributed by atoms with van der Waals surface area (Å²) >= 11 is 0. The van der Waals surface area contributed by atoms with Gasteiger partial charge in [-0.3, -0.25) is 4.79 Å². The van der Waals surface area contributed by atoms with Crippen LogP contribution in [0.5, 0.6) is 0 Å². The number of rotatable bonds is 6. The highest BCUT2D eigenvalue weighted by Crippen LogP contribution is 2.31. The van der Waals surface area contributed by atoms with Gasteiger partial charge in [-0.25, -0.2) is 0 Å². The van der Waals surface area contributed by atoms with Gasteiger partial charge in [0.1, 0.15) is 0 Å². The van der Waals surface area contributed by atoms with Crippen LogP contribution in [0.25, 0.3) is 0 Å². The largest absolute Gasteiger partial charge is 0.394 e. The molecule has 2 fully saturated rings. The van der Waals surface area contributed by atoms with E-state index >= 15 is 0 Å². The van der Waals surface area contributed by atoms with Crippen molar-refractivity contribution < 1.29 is 9.90 Å².